The Morgan fingerprint density at radius 3 is 3.05 bits per heavy atom. The van der Waals surface area contributed by atoms with Crippen LogP contribution in [0.25, 0.3) is 11.0 Å². The summed E-state index contributed by atoms with van der Waals surface area (Å²) in [6.45, 7) is 3.93. The fourth-order valence-electron chi connectivity index (χ4n) is 2.98. The molecule has 2 unspecified atom stereocenters. The van der Waals surface area contributed by atoms with E-state index in [1.807, 2.05) is 12.1 Å². The fraction of sp³-hybridized carbons (Fsp3) is 0.533. The van der Waals surface area contributed by atoms with E-state index in [0.717, 1.165) is 47.9 Å². The SMILES string of the molecule is CC(C1CCOC1)n1c(CCCl)nc2cc(Cl)ccc21. The van der Waals surface area contributed by atoms with E-state index < -0.39 is 0 Å². The topological polar surface area (TPSA) is 27.1 Å². The molecule has 1 aliphatic rings. The molecule has 0 amide bonds. The van der Waals surface area contributed by atoms with Crippen molar-refractivity contribution in [2.45, 2.75) is 25.8 Å². The van der Waals surface area contributed by atoms with Gasteiger partial charge in [0.05, 0.1) is 17.6 Å². The number of aryl methyl sites for hydroxylation is 1. The number of benzene rings is 1. The van der Waals surface area contributed by atoms with E-state index in [1.54, 1.807) is 0 Å². The predicted molar refractivity (Wildman–Crippen MR) is 82.8 cm³/mol. The summed E-state index contributed by atoms with van der Waals surface area (Å²) < 4.78 is 7.84. The van der Waals surface area contributed by atoms with Crippen molar-refractivity contribution in [1.82, 2.24) is 9.55 Å². The van der Waals surface area contributed by atoms with E-state index in [-0.39, 0.29) is 0 Å². The molecule has 1 aliphatic heterocycles. The van der Waals surface area contributed by atoms with Gasteiger partial charge in [0.25, 0.3) is 0 Å². The zero-order valence-corrected chi connectivity index (χ0v) is 13.0. The fourth-order valence-corrected chi connectivity index (χ4v) is 3.32. The maximum Gasteiger partial charge on any atom is 0.111 e. The lowest BCUT2D eigenvalue weighted by Crippen LogP contribution is -2.19. The van der Waals surface area contributed by atoms with E-state index in [2.05, 4.69) is 17.6 Å². The smallest absolute Gasteiger partial charge is 0.111 e. The second kappa shape index (κ2) is 5.92. The van der Waals surface area contributed by atoms with Gasteiger partial charge in [0.15, 0.2) is 0 Å². The summed E-state index contributed by atoms with van der Waals surface area (Å²) in [6.07, 6.45) is 1.88. The molecule has 108 valence electrons. The van der Waals surface area contributed by atoms with Gasteiger partial charge < -0.3 is 9.30 Å². The predicted octanol–water partition coefficient (Wildman–Crippen LogP) is 4.07. The Bertz CT molecular complexity index is 605. The molecule has 0 aliphatic carbocycles. The van der Waals surface area contributed by atoms with Crippen molar-refractivity contribution in [1.29, 1.82) is 0 Å². The van der Waals surface area contributed by atoms with Crippen molar-refractivity contribution in [3.05, 3.63) is 29.0 Å². The molecular formula is C15H18Cl2N2O. The monoisotopic (exact) mass is 312 g/mol. The van der Waals surface area contributed by atoms with E-state index in [0.29, 0.717) is 17.8 Å². The normalized spacial score (nSPS) is 20.6. The van der Waals surface area contributed by atoms with E-state index in [9.17, 15) is 0 Å². The Hall–Kier alpha value is -0.770. The minimum absolute atomic E-state index is 0.363. The van der Waals surface area contributed by atoms with Gasteiger partial charge in [-0.1, -0.05) is 11.6 Å². The van der Waals surface area contributed by atoms with Gasteiger partial charge in [-0.25, -0.2) is 4.98 Å². The summed E-state index contributed by atoms with van der Waals surface area (Å²) >= 11 is 12.0. The molecule has 0 saturated carbocycles. The second-order valence-corrected chi connectivity index (χ2v) is 6.15. The molecule has 0 spiro atoms. The van der Waals surface area contributed by atoms with Crippen LogP contribution in [0.3, 0.4) is 0 Å². The van der Waals surface area contributed by atoms with Crippen LogP contribution in [-0.2, 0) is 11.2 Å². The van der Waals surface area contributed by atoms with Crippen molar-refractivity contribution in [3.63, 3.8) is 0 Å². The average molecular weight is 313 g/mol. The number of hydrogen-bond acceptors (Lipinski definition) is 2. The minimum atomic E-state index is 0.363. The van der Waals surface area contributed by atoms with Crippen LogP contribution in [0.15, 0.2) is 18.2 Å². The van der Waals surface area contributed by atoms with Gasteiger partial charge in [-0.3, -0.25) is 0 Å². The molecule has 0 radical (unpaired) electrons. The lowest BCUT2D eigenvalue weighted by atomic mass is 10.00. The van der Waals surface area contributed by atoms with Crippen molar-refractivity contribution < 1.29 is 4.74 Å². The van der Waals surface area contributed by atoms with Gasteiger partial charge in [-0.05, 0) is 31.5 Å². The van der Waals surface area contributed by atoms with Crippen LogP contribution in [0, 0.1) is 5.92 Å². The number of alkyl halides is 1. The molecule has 2 aromatic rings. The third-order valence-electron chi connectivity index (χ3n) is 4.10. The lowest BCUT2D eigenvalue weighted by Gasteiger charge is -2.22. The third kappa shape index (κ3) is 2.54. The first-order valence-electron chi connectivity index (χ1n) is 7.00. The molecule has 1 saturated heterocycles. The third-order valence-corrected chi connectivity index (χ3v) is 4.52. The van der Waals surface area contributed by atoms with Crippen molar-refractivity contribution in [2.75, 3.05) is 19.1 Å². The van der Waals surface area contributed by atoms with Crippen LogP contribution in [0.1, 0.15) is 25.2 Å². The number of hydrogen-bond donors (Lipinski definition) is 0. The summed E-state index contributed by atoms with van der Waals surface area (Å²) in [4.78, 5) is 4.71. The molecule has 1 aromatic carbocycles. The molecule has 0 N–H and O–H groups in total. The van der Waals surface area contributed by atoms with Crippen LogP contribution < -0.4 is 0 Å². The maximum absolute atomic E-state index is 6.07. The van der Waals surface area contributed by atoms with Gasteiger partial charge in [0.2, 0.25) is 0 Å². The first-order valence-corrected chi connectivity index (χ1v) is 7.92. The zero-order chi connectivity index (χ0) is 14.1. The maximum atomic E-state index is 6.07. The Balaban J connectivity index is 2.07. The van der Waals surface area contributed by atoms with Crippen LogP contribution in [0.2, 0.25) is 5.02 Å². The number of imidazole rings is 1. The average Bonchev–Trinajstić information content (AvgIpc) is 3.05. The Morgan fingerprint density at radius 1 is 1.50 bits per heavy atom. The number of aromatic nitrogens is 2. The highest BCUT2D eigenvalue weighted by atomic mass is 35.5. The molecule has 2 atom stereocenters. The van der Waals surface area contributed by atoms with Gasteiger partial charge in [-0.15, -0.1) is 11.6 Å². The molecular weight excluding hydrogens is 295 g/mol. The first-order chi connectivity index (χ1) is 9.70. The van der Waals surface area contributed by atoms with Gasteiger partial charge >= 0.3 is 0 Å². The van der Waals surface area contributed by atoms with Gasteiger partial charge in [-0.2, -0.15) is 0 Å². The molecule has 20 heavy (non-hydrogen) atoms. The molecule has 1 aromatic heterocycles. The van der Waals surface area contributed by atoms with Crippen LogP contribution >= 0.6 is 23.2 Å². The zero-order valence-electron chi connectivity index (χ0n) is 11.5. The van der Waals surface area contributed by atoms with Crippen LogP contribution in [0.5, 0.6) is 0 Å². The van der Waals surface area contributed by atoms with E-state index >= 15 is 0 Å². The minimum Gasteiger partial charge on any atom is -0.381 e. The van der Waals surface area contributed by atoms with Crippen molar-refractivity contribution in [3.8, 4) is 0 Å². The molecule has 0 bridgehead atoms. The second-order valence-electron chi connectivity index (χ2n) is 5.33. The summed E-state index contributed by atoms with van der Waals surface area (Å²) in [5.41, 5.74) is 2.08. The first kappa shape index (κ1) is 14.2. The quantitative estimate of drug-likeness (QED) is 0.796. The van der Waals surface area contributed by atoms with Crippen molar-refractivity contribution in [2.24, 2.45) is 5.92 Å². The van der Waals surface area contributed by atoms with Crippen LogP contribution in [0.4, 0.5) is 0 Å². The number of ether oxygens (including phenoxy) is 1. The molecule has 5 heteroatoms. The summed E-state index contributed by atoms with van der Waals surface area (Å²) in [7, 11) is 0. The highest BCUT2D eigenvalue weighted by Crippen LogP contribution is 2.31. The Morgan fingerprint density at radius 2 is 2.35 bits per heavy atom. The standard InChI is InChI=1S/C15H18Cl2N2O/c1-10(11-5-7-20-9-11)19-14-3-2-12(17)8-13(14)18-15(19)4-6-16/h2-3,8,10-11H,4-7,9H2,1H3. The molecule has 3 rings (SSSR count). The van der Waals surface area contributed by atoms with Crippen LogP contribution in [-0.4, -0.2) is 28.6 Å². The largest absolute Gasteiger partial charge is 0.381 e. The Labute approximate surface area is 128 Å². The number of fused-ring (bicyclic) bond motifs is 1. The van der Waals surface area contributed by atoms with E-state index in [1.165, 1.54) is 0 Å². The molecule has 2 heterocycles. The summed E-state index contributed by atoms with van der Waals surface area (Å²) in [6, 6.07) is 6.25. The Kier molecular flexibility index (Phi) is 4.20. The highest BCUT2D eigenvalue weighted by molar-refractivity contribution is 6.31. The molecule has 1 fully saturated rings. The lowest BCUT2D eigenvalue weighted by molar-refractivity contribution is 0.175. The summed E-state index contributed by atoms with van der Waals surface area (Å²) in [5, 5.41) is 0.719. The highest BCUT2D eigenvalue weighted by Gasteiger charge is 2.26. The van der Waals surface area contributed by atoms with Crippen molar-refractivity contribution >= 4 is 34.2 Å². The number of rotatable bonds is 4. The summed E-state index contributed by atoms with van der Waals surface area (Å²) in [5.74, 6) is 2.15. The van der Waals surface area contributed by atoms with Gasteiger partial charge in [0, 0.05) is 35.9 Å². The van der Waals surface area contributed by atoms with Gasteiger partial charge in [0.1, 0.15) is 5.82 Å². The van der Waals surface area contributed by atoms with E-state index in [4.69, 9.17) is 32.9 Å². The number of nitrogens with zero attached hydrogens (tertiary/aromatic N) is 2. The number of halogens is 2. The molecule has 3 nitrogen and oxygen atoms in total.